The maximum atomic E-state index is 12.1. The van der Waals surface area contributed by atoms with Gasteiger partial charge in [-0.2, -0.15) is 0 Å². The number of nitrogens with zero attached hydrogens (tertiary/aromatic N) is 3. The Hall–Kier alpha value is -4.89. The van der Waals surface area contributed by atoms with Gasteiger partial charge in [-0.25, -0.2) is 4.79 Å². The van der Waals surface area contributed by atoms with Gasteiger partial charge in [0.25, 0.3) is 11.1 Å². The highest BCUT2D eigenvalue weighted by atomic mass is 32.2. The third-order valence-corrected chi connectivity index (χ3v) is 8.05. The van der Waals surface area contributed by atoms with E-state index in [1.807, 2.05) is 80.8 Å². The molecule has 1 aliphatic rings. The number of thioether (sulfide) groups is 1. The SMILES string of the molecule is CN1C(=O)CSc2ccccc21.Cn1c(=O)[nH]c(=O)c2ccccc21.Cn1c(=O)c2ccccc2c2ccccc21. The van der Waals surface area contributed by atoms with Crippen LogP contribution in [-0.4, -0.2) is 32.8 Å². The largest absolute Gasteiger partial charge is 0.328 e. The maximum Gasteiger partial charge on any atom is 0.328 e. The number of pyridine rings is 1. The Bertz CT molecular complexity index is 2090. The van der Waals surface area contributed by atoms with Crippen LogP contribution < -0.4 is 21.7 Å². The molecule has 6 aromatic rings. The van der Waals surface area contributed by atoms with Crippen LogP contribution in [-0.2, 0) is 18.9 Å². The van der Waals surface area contributed by atoms with Crippen molar-refractivity contribution in [2.75, 3.05) is 17.7 Å². The summed E-state index contributed by atoms with van der Waals surface area (Å²) in [6.45, 7) is 0. The monoisotopic (exact) mass is 564 g/mol. The van der Waals surface area contributed by atoms with Crippen molar-refractivity contribution < 1.29 is 4.79 Å². The molecule has 2 aromatic heterocycles. The van der Waals surface area contributed by atoms with Crippen LogP contribution in [0.25, 0.3) is 32.6 Å². The quantitative estimate of drug-likeness (QED) is 0.271. The molecule has 41 heavy (non-hydrogen) atoms. The van der Waals surface area contributed by atoms with Crippen molar-refractivity contribution in [2.45, 2.75) is 4.90 Å². The van der Waals surface area contributed by atoms with Crippen molar-refractivity contribution >= 4 is 55.9 Å². The van der Waals surface area contributed by atoms with Gasteiger partial charge in [0, 0.05) is 36.8 Å². The van der Waals surface area contributed by atoms with Gasteiger partial charge in [-0.15, -0.1) is 11.8 Å². The first-order chi connectivity index (χ1) is 19.8. The lowest BCUT2D eigenvalue weighted by atomic mass is 10.1. The summed E-state index contributed by atoms with van der Waals surface area (Å²) in [6, 6.07) is 30.7. The van der Waals surface area contributed by atoms with Crippen molar-refractivity contribution in [2.24, 2.45) is 14.1 Å². The fourth-order valence-electron chi connectivity index (χ4n) is 4.73. The van der Waals surface area contributed by atoms with Gasteiger partial charge < -0.3 is 9.47 Å². The number of benzene rings is 4. The number of aromatic amines is 1. The number of hydrogen-bond donors (Lipinski definition) is 1. The fraction of sp³-hybridized carbons (Fsp3) is 0.125. The number of amides is 1. The van der Waals surface area contributed by atoms with E-state index in [-0.39, 0.29) is 22.7 Å². The van der Waals surface area contributed by atoms with Crippen LogP contribution in [0, 0.1) is 0 Å². The van der Waals surface area contributed by atoms with Gasteiger partial charge in [0.1, 0.15) is 0 Å². The molecule has 1 N–H and O–H groups in total. The average molecular weight is 565 g/mol. The molecule has 3 heterocycles. The van der Waals surface area contributed by atoms with E-state index in [2.05, 4.69) is 11.1 Å². The number of rotatable bonds is 0. The molecule has 0 spiro atoms. The Balaban J connectivity index is 0.000000125. The van der Waals surface area contributed by atoms with E-state index < -0.39 is 0 Å². The van der Waals surface area contributed by atoms with E-state index in [9.17, 15) is 19.2 Å². The summed E-state index contributed by atoms with van der Waals surface area (Å²) in [5, 5.41) is 3.47. The minimum atomic E-state index is -0.385. The summed E-state index contributed by atoms with van der Waals surface area (Å²) in [6.07, 6.45) is 0. The molecule has 1 amide bonds. The van der Waals surface area contributed by atoms with E-state index in [0.29, 0.717) is 16.7 Å². The number of anilines is 1. The summed E-state index contributed by atoms with van der Waals surface area (Å²) in [5.41, 5.74) is 2.00. The van der Waals surface area contributed by atoms with Crippen molar-refractivity contribution in [3.8, 4) is 0 Å². The smallest absolute Gasteiger partial charge is 0.314 e. The van der Waals surface area contributed by atoms with E-state index in [1.54, 1.807) is 52.5 Å². The number of para-hydroxylation sites is 3. The number of fused-ring (bicyclic) bond motifs is 5. The summed E-state index contributed by atoms with van der Waals surface area (Å²) in [7, 11) is 5.26. The minimum absolute atomic E-state index is 0.0642. The molecule has 0 saturated heterocycles. The first kappa shape index (κ1) is 27.7. The van der Waals surface area contributed by atoms with E-state index in [4.69, 9.17) is 0 Å². The lowest BCUT2D eigenvalue weighted by molar-refractivity contribution is -0.116. The maximum absolute atomic E-state index is 12.1. The normalized spacial score (nSPS) is 12.4. The second-order valence-electron chi connectivity index (χ2n) is 9.47. The van der Waals surface area contributed by atoms with E-state index in [1.165, 1.54) is 9.46 Å². The van der Waals surface area contributed by atoms with Gasteiger partial charge in [0.2, 0.25) is 5.91 Å². The van der Waals surface area contributed by atoms with Gasteiger partial charge in [-0.05, 0) is 41.8 Å². The third-order valence-electron chi connectivity index (χ3n) is 7.00. The second kappa shape index (κ2) is 11.7. The molecular formula is C32H28N4O4S. The molecule has 8 nitrogen and oxygen atoms in total. The molecule has 7 rings (SSSR count). The number of nitrogens with one attached hydrogen (secondary N) is 1. The third kappa shape index (κ3) is 5.44. The molecule has 206 valence electrons. The Morgan fingerprint density at radius 2 is 1.15 bits per heavy atom. The average Bonchev–Trinajstić information content (AvgIpc) is 3.01. The number of H-pyrrole nitrogens is 1. The Morgan fingerprint density at radius 1 is 0.610 bits per heavy atom. The van der Waals surface area contributed by atoms with Gasteiger partial charge in [0.15, 0.2) is 0 Å². The zero-order chi connectivity index (χ0) is 29.1. The van der Waals surface area contributed by atoms with Crippen LogP contribution in [0.2, 0.25) is 0 Å². The van der Waals surface area contributed by atoms with Crippen LogP contribution >= 0.6 is 11.8 Å². The fourth-order valence-corrected chi connectivity index (χ4v) is 5.73. The molecule has 0 atom stereocenters. The topological polar surface area (TPSA) is 97.2 Å². The second-order valence-corrected chi connectivity index (χ2v) is 10.5. The van der Waals surface area contributed by atoms with Crippen LogP contribution in [0.4, 0.5) is 5.69 Å². The molecule has 1 aliphatic heterocycles. The van der Waals surface area contributed by atoms with Crippen molar-refractivity contribution in [3.05, 3.63) is 128 Å². The first-order valence-electron chi connectivity index (χ1n) is 12.9. The molecule has 0 fully saturated rings. The van der Waals surface area contributed by atoms with E-state index in [0.717, 1.165) is 27.4 Å². The summed E-state index contributed by atoms with van der Waals surface area (Å²) in [4.78, 5) is 51.0. The molecule has 0 aliphatic carbocycles. The van der Waals surface area contributed by atoms with Gasteiger partial charge >= 0.3 is 5.69 Å². The first-order valence-corrected chi connectivity index (χ1v) is 13.9. The summed E-state index contributed by atoms with van der Waals surface area (Å²) >= 11 is 1.61. The Kier molecular flexibility index (Phi) is 7.89. The van der Waals surface area contributed by atoms with Crippen LogP contribution in [0.15, 0.2) is 116 Å². The summed E-state index contributed by atoms with van der Waals surface area (Å²) in [5.74, 6) is 0.742. The van der Waals surface area contributed by atoms with Gasteiger partial charge in [-0.1, -0.05) is 60.7 Å². The highest BCUT2D eigenvalue weighted by Gasteiger charge is 2.20. The minimum Gasteiger partial charge on any atom is -0.314 e. The van der Waals surface area contributed by atoms with Crippen LogP contribution in [0.5, 0.6) is 0 Å². The van der Waals surface area contributed by atoms with Gasteiger partial charge in [-0.3, -0.25) is 23.9 Å². The molecule has 9 heteroatoms. The standard InChI is InChI=1S/C14H11NO.C9H8N2O2.C9H9NOS/c1-15-13-9-5-4-7-11(13)10-6-2-3-8-12(10)14(15)16;1-11-7-5-3-2-4-6(7)8(12)10-9(11)13;1-10-7-4-2-3-5-8(7)12-6-9(10)11/h2-9H,1H3;2-5H,1H3,(H,10,12,13);2-5H,6H2,1H3. The number of carbonyl (C=O) groups excluding carboxylic acids is 1. The predicted molar refractivity (Wildman–Crippen MR) is 167 cm³/mol. The van der Waals surface area contributed by atoms with Crippen LogP contribution in [0.1, 0.15) is 0 Å². The zero-order valence-corrected chi connectivity index (χ0v) is 23.6. The number of hydrogen-bond acceptors (Lipinski definition) is 5. The number of aryl methyl sites for hydroxylation is 2. The lowest BCUT2D eigenvalue weighted by Crippen LogP contribution is -2.31. The number of carbonyl (C=O) groups is 1. The molecule has 4 aromatic carbocycles. The molecule has 0 saturated carbocycles. The molecular weight excluding hydrogens is 536 g/mol. The Labute approximate surface area is 239 Å². The van der Waals surface area contributed by atoms with E-state index >= 15 is 0 Å². The number of aromatic nitrogens is 3. The summed E-state index contributed by atoms with van der Waals surface area (Å²) < 4.78 is 3.12. The van der Waals surface area contributed by atoms with Crippen molar-refractivity contribution in [1.29, 1.82) is 0 Å². The Morgan fingerprint density at radius 3 is 1.85 bits per heavy atom. The van der Waals surface area contributed by atoms with Gasteiger partial charge in [0.05, 0.1) is 27.9 Å². The molecule has 0 radical (unpaired) electrons. The van der Waals surface area contributed by atoms with Crippen LogP contribution in [0.3, 0.4) is 0 Å². The lowest BCUT2D eigenvalue weighted by Gasteiger charge is -2.24. The zero-order valence-electron chi connectivity index (χ0n) is 22.8. The highest BCUT2D eigenvalue weighted by Crippen LogP contribution is 2.33. The van der Waals surface area contributed by atoms with Crippen molar-refractivity contribution in [1.82, 2.24) is 14.1 Å². The molecule has 0 bridgehead atoms. The molecule has 0 unspecified atom stereocenters. The predicted octanol–water partition coefficient (Wildman–Crippen LogP) is 4.67. The van der Waals surface area contributed by atoms with Crippen molar-refractivity contribution in [3.63, 3.8) is 0 Å². The highest BCUT2D eigenvalue weighted by molar-refractivity contribution is 8.00.